The number of hydrogen-bond acceptors (Lipinski definition) is 2. The Morgan fingerprint density at radius 1 is 1.27 bits per heavy atom. The van der Waals surface area contributed by atoms with E-state index in [2.05, 4.69) is 0 Å². The maximum absolute atomic E-state index is 12.7. The van der Waals surface area contributed by atoms with E-state index in [4.69, 9.17) is 11.6 Å². The Morgan fingerprint density at radius 3 is 2.55 bits per heavy atom. The molecule has 1 aromatic heterocycles. The summed E-state index contributed by atoms with van der Waals surface area (Å²) in [4.78, 5) is 25.7. The van der Waals surface area contributed by atoms with Crippen molar-refractivity contribution in [1.82, 2.24) is 9.47 Å². The first-order valence-electron chi connectivity index (χ1n) is 6.90. The highest BCUT2D eigenvalue weighted by molar-refractivity contribution is 6.31. The van der Waals surface area contributed by atoms with Gasteiger partial charge in [0.2, 0.25) is 0 Å². The van der Waals surface area contributed by atoms with Crippen LogP contribution < -0.4 is 0 Å². The molecule has 1 amide bonds. The quantitative estimate of drug-likeness (QED) is 0.924. The van der Waals surface area contributed by atoms with Crippen LogP contribution in [0.4, 0.5) is 0 Å². The molecule has 0 radical (unpaired) electrons. The highest BCUT2D eigenvalue weighted by atomic mass is 35.5. The molecule has 6 heteroatoms. The monoisotopic (exact) mass is 318 g/mol. The summed E-state index contributed by atoms with van der Waals surface area (Å²) in [6, 6.07) is 8.30. The molecule has 1 atom stereocenters. The number of aryl methyl sites for hydroxylation is 1. The fourth-order valence-corrected chi connectivity index (χ4v) is 3.09. The third-order valence-corrected chi connectivity index (χ3v) is 4.19. The van der Waals surface area contributed by atoms with Crippen molar-refractivity contribution in [3.63, 3.8) is 0 Å². The lowest BCUT2D eigenvalue weighted by molar-refractivity contribution is -0.142. The van der Waals surface area contributed by atoms with Crippen molar-refractivity contribution in [3.05, 3.63) is 58.4 Å². The summed E-state index contributed by atoms with van der Waals surface area (Å²) in [5.41, 5.74) is 2.34. The molecule has 0 saturated heterocycles. The largest absolute Gasteiger partial charge is 0.480 e. The molecule has 22 heavy (non-hydrogen) atoms. The van der Waals surface area contributed by atoms with Crippen LogP contribution in [0, 0.1) is 0 Å². The zero-order chi connectivity index (χ0) is 15.9. The number of fused-ring (bicyclic) bond motifs is 1. The van der Waals surface area contributed by atoms with Crippen molar-refractivity contribution in [2.75, 3.05) is 0 Å². The first kappa shape index (κ1) is 14.7. The van der Waals surface area contributed by atoms with Gasteiger partial charge in [0.05, 0.1) is 5.02 Å². The maximum atomic E-state index is 12.7. The van der Waals surface area contributed by atoms with Crippen molar-refractivity contribution < 1.29 is 14.7 Å². The van der Waals surface area contributed by atoms with E-state index >= 15 is 0 Å². The van der Waals surface area contributed by atoms with Gasteiger partial charge in [-0.2, -0.15) is 0 Å². The van der Waals surface area contributed by atoms with Crippen LogP contribution >= 0.6 is 11.6 Å². The minimum Gasteiger partial charge on any atom is -0.480 e. The number of carboxylic acids is 1. The lowest BCUT2D eigenvalue weighted by Gasteiger charge is -2.34. The van der Waals surface area contributed by atoms with Crippen molar-refractivity contribution in [1.29, 1.82) is 0 Å². The van der Waals surface area contributed by atoms with Crippen molar-refractivity contribution in [2.24, 2.45) is 7.05 Å². The molecule has 5 nitrogen and oxygen atoms in total. The van der Waals surface area contributed by atoms with Gasteiger partial charge >= 0.3 is 5.97 Å². The number of aromatic nitrogens is 1. The van der Waals surface area contributed by atoms with E-state index in [0.29, 0.717) is 17.1 Å². The van der Waals surface area contributed by atoms with Crippen LogP contribution in [-0.4, -0.2) is 32.5 Å². The molecule has 0 aliphatic carbocycles. The predicted molar refractivity (Wildman–Crippen MR) is 81.9 cm³/mol. The molecule has 0 unspecified atom stereocenters. The lowest BCUT2D eigenvalue weighted by atomic mass is 9.93. The van der Waals surface area contributed by atoms with Crippen LogP contribution in [-0.2, 0) is 24.8 Å². The second kappa shape index (κ2) is 5.50. The third kappa shape index (κ3) is 2.48. The first-order valence-corrected chi connectivity index (χ1v) is 7.27. The zero-order valence-electron chi connectivity index (χ0n) is 12.0. The number of carbonyl (C=O) groups excluding carboxylic acids is 1. The lowest BCUT2D eigenvalue weighted by Crippen LogP contribution is -2.49. The predicted octanol–water partition coefficient (Wildman–Crippen LogP) is 2.33. The zero-order valence-corrected chi connectivity index (χ0v) is 12.7. The van der Waals surface area contributed by atoms with Gasteiger partial charge in [-0.05, 0) is 17.2 Å². The normalized spacial score (nSPS) is 17.2. The van der Waals surface area contributed by atoms with Crippen molar-refractivity contribution in [3.8, 4) is 0 Å². The average molecular weight is 319 g/mol. The smallest absolute Gasteiger partial charge is 0.326 e. The number of carboxylic acid groups (broad SMARTS) is 1. The first-order chi connectivity index (χ1) is 10.5. The summed E-state index contributed by atoms with van der Waals surface area (Å²) < 4.78 is 1.62. The molecular formula is C16H15ClN2O3. The average Bonchev–Trinajstić information content (AvgIpc) is 2.83. The van der Waals surface area contributed by atoms with Gasteiger partial charge in [0.15, 0.2) is 0 Å². The number of nitrogens with zero attached hydrogens (tertiary/aromatic N) is 2. The number of rotatable bonds is 2. The molecule has 114 valence electrons. The van der Waals surface area contributed by atoms with Crippen molar-refractivity contribution >= 4 is 23.5 Å². The highest BCUT2D eigenvalue weighted by Gasteiger charge is 2.35. The van der Waals surface area contributed by atoms with E-state index in [1.807, 2.05) is 24.3 Å². The fourth-order valence-electron chi connectivity index (χ4n) is 2.84. The molecule has 1 aliphatic heterocycles. The second-order valence-electron chi connectivity index (χ2n) is 5.41. The summed E-state index contributed by atoms with van der Waals surface area (Å²) in [7, 11) is 1.72. The summed E-state index contributed by atoms with van der Waals surface area (Å²) in [6.07, 6.45) is 1.94. The molecule has 0 spiro atoms. The summed E-state index contributed by atoms with van der Waals surface area (Å²) >= 11 is 5.92. The number of aliphatic carboxylic acids is 1. The van der Waals surface area contributed by atoms with Gasteiger partial charge in [0.25, 0.3) is 5.91 Å². The van der Waals surface area contributed by atoms with Gasteiger partial charge < -0.3 is 14.6 Å². The Hall–Kier alpha value is -2.27. The minimum atomic E-state index is -0.997. The van der Waals surface area contributed by atoms with Crippen LogP contribution in [0.3, 0.4) is 0 Å². The van der Waals surface area contributed by atoms with Crippen molar-refractivity contribution in [2.45, 2.75) is 19.0 Å². The number of carbonyl (C=O) groups is 2. The Labute approximate surface area is 132 Å². The molecule has 3 rings (SSSR count). The molecule has 2 aromatic rings. The van der Waals surface area contributed by atoms with Crippen LogP contribution in [0.15, 0.2) is 36.5 Å². The molecule has 2 heterocycles. The van der Waals surface area contributed by atoms with E-state index in [9.17, 15) is 14.7 Å². The van der Waals surface area contributed by atoms with Crippen LogP contribution in [0.2, 0.25) is 5.02 Å². The Balaban J connectivity index is 1.99. The number of amides is 1. The van der Waals surface area contributed by atoms with Gasteiger partial charge in [-0.15, -0.1) is 0 Å². The number of benzene rings is 1. The summed E-state index contributed by atoms with van der Waals surface area (Å²) in [5.74, 6) is -1.32. The standard InChI is InChI=1S/C16H15ClN2O3/c1-18-9-12(17)7-13(18)15(20)19-8-11-5-3-2-4-10(11)6-14(19)16(21)22/h2-5,7,9,14H,6,8H2,1H3,(H,21,22)/t14-/m1/s1. The molecule has 1 N–H and O–H groups in total. The summed E-state index contributed by atoms with van der Waals surface area (Å²) in [5, 5.41) is 9.93. The number of halogens is 1. The fraction of sp³-hybridized carbons (Fsp3) is 0.250. The molecule has 1 aliphatic rings. The third-order valence-electron chi connectivity index (χ3n) is 3.99. The highest BCUT2D eigenvalue weighted by Crippen LogP contribution is 2.26. The molecule has 1 aromatic carbocycles. The minimum absolute atomic E-state index is 0.286. The topological polar surface area (TPSA) is 62.5 Å². The Bertz CT molecular complexity index is 754. The molecule has 0 fully saturated rings. The van der Waals surface area contributed by atoms with E-state index in [1.54, 1.807) is 23.9 Å². The van der Waals surface area contributed by atoms with Crippen LogP contribution in [0.5, 0.6) is 0 Å². The van der Waals surface area contributed by atoms with Gasteiger partial charge in [0.1, 0.15) is 11.7 Å². The number of hydrogen-bond donors (Lipinski definition) is 1. The molecule has 0 bridgehead atoms. The van der Waals surface area contributed by atoms with Crippen LogP contribution in [0.1, 0.15) is 21.6 Å². The molecular weight excluding hydrogens is 304 g/mol. The van der Waals surface area contributed by atoms with Crippen LogP contribution in [0.25, 0.3) is 0 Å². The Morgan fingerprint density at radius 2 is 1.95 bits per heavy atom. The SMILES string of the molecule is Cn1cc(Cl)cc1C(=O)N1Cc2ccccc2C[C@@H]1C(=O)O. The maximum Gasteiger partial charge on any atom is 0.326 e. The van der Waals surface area contributed by atoms with E-state index in [0.717, 1.165) is 11.1 Å². The second-order valence-corrected chi connectivity index (χ2v) is 5.85. The van der Waals surface area contributed by atoms with E-state index in [1.165, 1.54) is 4.90 Å². The van der Waals surface area contributed by atoms with Gasteiger partial charge in [-0.1, -0.05) is 35.9 Å². The van der Waals surface area contributed by atoms with Gasteiger partial charge in [0, 0.05) is 26.2 Å². The summed E-state index contributed by atoms with van der Waals surface area (Å²) in [6.45, 7) is 0.286. The van der Waals surface area contributed by atoms with Gasteiger partial charge in [-0.3, -0.25) is 4.79 Å². The molecule has 0 saturated carbocycles. The van der Waals surface area contributed by atoms with Gasteiger partial charge in [-0.25, -0.2) is 4.79 Å². The Kier molecular flexibility index (Phi) is 3.66. The van der Waals surface area contributed by atoms with E-state index < -0.39 is 12.0 Å². The van der Waals surface area contributed by atoms with E-state index in [-0.39, 0.29) is 12.5 Å².